The quantitative estimate of drug-likeness (QED) is 0.548. The number of carbonyl (C=O) groups excluding carboxylic acids is 2. The van der Waals surface area contributed by atoms with Gasteiger partial charge in [0.25, 0.3) is 11.8 Å². The molecule has 0 unspecified atom stereocenters. The minimum Gasteiger partial charge on any atom is -0.495 e. The van der Waals surface area contributed by atoms with Gasteiger partial charge in [-0.15, -0.1) is 0 Å². The van der Waals surface area contributed by atoms with Gasteiger partial charge in [-0.1, -0.05) is 66.2 Å². The molecule has 0 aliphatic carbocycles. The van der Waals surface area contributed by atoms with E-state index < -0.39 is 0 Å². The van der Waals surface area contributed by atoms with Crippen LogP contribution in [0.4, 0.5) is 5.69 Å². The van der Waals surface area contributed by atoms with Crippen LogP contribution >= 0.6 is 11.6 Å². The van der Waals surface area contributed by atoms with E-state index in [1.165, 1.54) is 23.1 Å². The number of nitrogens with zero attached hydrogens (tertiary/aromatic N) is 2. The highest BCUT2D eigenvalue weighted by molar-refractivity contribution is 6.45. The van der Waals surface area contributed by atoms with Crippen LogP contribution in [-0.2, 0) is 22.6 Å². The lowest BCUT2D eigenvalue weighted by molar-refractivity contribution is -0.120. The lowest BCUT2D eigenvalue weighted by Crippen LogP contribution is -2.37. The second-order valence-corrected chi connectivity index (χ2v) is 8.20. The van der Waals surface area contributed by atoms with Crippen LogP contribution in [0.2, 0.25) is 5.02 Å². The summed E-state index contributed by atoms with van der Waals surface area (Å²) in [5.41, 5.74) is 4.45. The third kappa shape index (κ3) is 3.35. The van der Waals surface area contributed by atoms with E-state index in [1.807, 2.05) is 47.4 Å². The van der Waals surface area contributed by atoms with Crippen molar-refractivity contribution < 1.29 is 14.3 Å². The summed E-state index contributed by atoms with van der Waals surface area (Å²) in [5.74, 6) is -0.204. The average molecular weight is 445 g/mol. The van der Waals surface area contributed by atoms with Gasteiger partial charge in [-0.25, -0.2) is 4.90 Å². The molecule has 0 saturated heterocycles. The van der Waals surface area contributed by atoms with Crippen LogP contribution in [0.25, 0.3) is 5.57 Å². The first kappa shape index (κ1) is 20.3. The molecule has 0 aromatic heterocycles. The second-order valence-electron chi connectivity index (χ2n) is 7.79. The number of rotatable bonds is 4. The summed E-state index contributed by atoms with van der Waals surface area (Å²) in [6, 6.07) is 22.5. The highest BCUT2D eigenvalue weighted by Crippen LogP contribution is 2.38. The molecular formula is C26H21ClN2O3. The predicted molar refractivity (Wildman–Crippen MR) is 124 cm³/mol. The van der Waals surface area contributed by atoms with Crippen molar-refractivity contribution in [1.29, 1.82) is 0 Å². The molecule has 2 heterocycles. The molecule has 0 fully saturated rings. The molecular weight excluding hydrogens is 424 g/mol. The van der Waals surface area contributed by atoms with Crippen molar-refractivity contribution in [3.8, 4) is 5.75 Å². The Morgan fingerprint density at radius 3 is 2.31 bits per heavy atom. The summed E-state index contributed by atoms with van der Waals surface area (Å²) in [6.45, 7) is 1.25. The van der Waals surface area contributed by atoms with E-state index in [2.05, 4.69) is 12.1 Å². The van der Waals surface area contributed by atoms with Gasteiger partial charge in [0.15, 0.2) is 0 Å². The average Bonchev–Trinajstić information content (AvgIpc) is 3.09. The van der Waals surface area contributed by atoms with Gasteiger partial charge in [-0.3, -0.25) is 9.59 Å². The third-order valence-corrected chi connectivity index (χ3v) is 6.26. The van der Waals surface area contributed by atoms with E-state index in [1.54, 1.807) is 18.2 Å². The van der Waals surface area contributed by atoms with Crippen LogP contribution in [0, 0.1) is 0 Å². The van der Waals surface area contributed by atoms with Gasteiger partial charge in [0.05, 0.1) is 23.4 Å². The molecule has 2 aliphatic heterocycles. The predicted octanol–water partition coefficient (Wildman–Crippen LogP) is 4.69. The number of ether oxygens (including phenoxy) is 1. The Morgan fingerprint density at radius 2 is 1.59 bits per heavy atom. The largest absolute Gasteiger partial charge is 0.495 e. The molecule has 0 saturated carbocycles. The van der Waals surface area contributed by atoms with Crippen molar-refractivity contribution in [3.05, 3.63) is 100 Å². The van der Waals surface area contributed by atoms with Crippen LogP contribution < -0.4 is 9.64 Å². The van der Waals surface area contributed by atoms with Crippen LogP contribution in [0.5, 0.6) is 5.75 Å². The molecule has 160 valence electrons. The highest BCUT2D eigenvalue weighted by atomic mass is 35.5. The number of carbonyl (C=O) groups is 2. The molecule has 5 nitrogen and oxygen atoms in total. The monoisotopic (exact) mass is 444 g/mol. The van der Waals surface area contributed by atoms with Gasteiger partial charge >= 0.3 is 0 Å². The number of amides is 2. The molecule has 6 heteroatoms. The molecule has 0 bridgehead atoms. The Balaban J connectivity index is 1.60. The lowest BCUT2D eigenvalue weighted by Gasteiger charge is -2.31. The smallest absolute Gasteiger partial charge is 0.282 e. The van der Waals surface area contributed by atoms with Crippen molar-refractivity contribution in [1.82, 2.24) is 4.90 Å². The minimum atomic E-state index is -0.351. The second kappa shape index (κ2) is 8.17. The zero-order chi connectivity index (χ0) is 22.2. The third-order valence-electron chi connectivity index (χ3n) is 5.96. The number of imide groups is 1. The maximum atomic E-state index is 13.7. The zero-order valence-electron chi connectivity index (χ0n) is 17.5. The number of methoxy groups -OCH3 is 1. The fourth-order valence-electron chi connectivity index (χ4n) is 4.39. The fourth-order valence-corrected chi connectivity index (χ4v) is 4.64. The van der Waals surface area contributed by atoms with Crippen LogP contribution in [0.15, 0.2) is 78.5 Å². The van der Waals surface area contributed by atoms with Crippen molar-refractivity contribution in [2.75, 3.05) is 18.6 Å². The first-order valence-electron chi connectivity index (χ1n) is 10.4. The Hall–Kier alpha value is -3.57. The zero-order valence-corrected chi connectivity index (χ0v) is 18.3. The summed E-state index contributed by atoms with van der Waals surface area (Å²) < 4.78 is 5.22. The molecule has 5 rings (SSSR count). The van der Waals surface area contributed by atoms with Gasteiger partial charge in [-0.2, -0.15) is 0 Å². The standard InChI is InChI=1S/C26H21ClN2O3/c1-32-22-12-11-20(15-21(22)27)29-25(30)23(18-8-3-2-4-9-18)24(26(29)31)28-14-13-17-7-5-6-10-19(17)16-28/h2-12,15H,13-14,16H2,1H3. The number of anilines is 1. The number of benzene rings is 3. The van der Waals surface area contributed by atoms with Gasteiger partial charge in [0, 0.05) is 13.1 Å². The van der Waals surface area contributed by atoms with Gasteiger partial charge < -0.3 is 9.64 Å². The Bertz CT molecular complexity index is 1250. The van der Waals surface area contributed by atoms with Crippen LogP contribution in [0.3, 0.4) is 0 Å². The maximum Gasteiger partial charge on any atom is 0.282 e. The highest BCUT2D eigenvalue weighted by Gasteiger charge is 2.43. The van der Waals surface area contributed by atoms with E-state index in [4.69, 9.17) is 16.3 Å². The molecule has 32 heavy (non-hydrogen) atoms. The normalized spacial score (nSPS) is 15.9. The summed E-state index contributed by atoms with van der Waals surface area (Å²) in [5, 5.41) is 0.340. The first-order chi connectivity index (χ1) is 15.6. The van der Waals surface area contributed by atoms with E-state index in [0.717, 1.165) is 12.0 Å². The van der Waals surface area contributed by atoms with Crippen molar-refractivity contribution in [2.24, 2.45) is 0 Å². The topological polar surface area (TPSA) is 49.9 Å². The van der Waals surface area contributed by atoms with Gasteiger partial charge in [0.1, 0.15) is 11.4 Å². The summed E-state index contributed by atoms with van der Waals surface area (Å²) in [7, 11) is 1.52. The summed E-state index contributed by atoms with van der Waals surface area (Å²) in [6.07, 6.45) is 0.817. The Labute approximate surface area is 191 Å². The lowest BCUT2D eigenvalue weighted by atomic mass is 9.98. The molecule has 0 N–H and O–H groups in total. The first-order valence-corrected chi connectivity index (χ1v) is 10.8. The maximum absolute atomic E-state index is 13.7. The van der Waals surface area contributed by atoms with E-state index >= 15 is 0 Å². The van der Waals surface area contributed by atoms with Crippen LogP contribution in [-0.4, -0.2) is 30.4 Å². The van der Waals surface area contributed by atoms with Crippen LogP contribution in [0.1, 0.15) is 16.7 Å². The van der Waals surface area contributed by atoms with E-state index in [-0.39, 0.29) is 11.8 Å². The minimum absolute atomic E-state index is 0.338. The van der Waals surface area contributed by atoms with Crippen molar-refractivity contribution in [2.45, 2.75) is 13.0 Å². The summed E-state index contributed by atoms with van der Waals surface area (Å²) >= 11 is 6.30. The van der Waals surface area contributed by atoms with Crippen molar-refractivity contribution in [3.63, 3.8) is 0 Å². The van der Waals surface area contributed by atoms with E-state index in [9.17, 15) is 9.59 Å². The molecule has 3 aromatic rings. The van der Waals surface area contributed by atoms with Gasteiger partial charge in [-0.05, 0) is 41.3 Å². The molecule has 3 aromatic carbocycles. The molecule has 0 radical (unpaired) electrons. The Morgan fingerprint density at radius 1 is 0.875 bits per heavy atom. The number of halogens is 1. The molecule has 2 aliphatic rings. The molecule has 2 amide bonds. The number of fused-ring (bicyclic) bond motifs is 1. The number of hydrogen-bond acceptors (Lipinski definition) is 4. The Kier molecular flexibility index (Phi) is 5.19. The SMILES string of the molecule is COc1ccc(N2C(=O)C(c3ccccc3)=C(N3CCc4ccccc4C3)C2=O)cc1Cl. The summed E-state index contributed by atoms with van der Waals surface area (Å²) in [4.78, 5) is 30.6. The number of hydrogen-bond donors (Lipinski definition) is 0. The van der Waals surface area contributed by atoms with Gasteiger partial charge in [0.2, 0.25) is 0 Å². The molecule has 0 spiro atoms. The molecule has 0 atom stereocenters. The van der Waals surface area contributed by atoms with E-state index in [0.29, 0.717) is 40.8 Å². The fraction of sp³-hybridized carbons (Fsp3) is 0.154. The van der Waals surface area contributed by atoms with Crippen molar-refractivity contribution >= 4 is 34.7 Å².